The van der Waals surface area contributed by atoms with Crippen LogP contribution in [0.3, 0.4) is 0 Å². The van der Waals surface area contributed by atoms with E-state index in [2.05, 4.69) is 19.5 Å². The molecule has 5 atom stereocenters. The number of nitrogens with one attached hydrogen (secondary N) is 2. The third-order valence-electron chi connectivity index (χ3n) is 3.73. The highest BCUT2D eigenvalue weighted by atomic mass is 31.2. The summed E-state index contributed by atoms with van der Waals surface area (Å²) >= 11 is 0. The van der Waals surface area contributed by atoms with Crippen LogP contribution in [-0.2, 0) is 18.3 Å². The van der Waals surface area contributed by atoms with Gasteiger partial charge >= 0.3 is 13.5 Å². The van der Waals surface area contributed by atoms with Gasteiger partial charge in [-0.05, 0) is 0 Å². The summed E-state index contributed by atoms with van der Waals surface area (Å²) in [7, 11) is -4.27. The van der Waals surface area contributed by atoms with Crippen molar-refractivity contribution in [3.63, 3.8) is 0 Å². The van der Waals surface area contributed by atoms with Crippen LogP contribution in [-0.4, -0.2) is 54.4 Å². The molecule has 4 rings (SSSR count). The molecule has 2 aliphatic heterocycles. The van der Waals surface area contributed by atoms with Crippen molar-refractivity contribution in [2.75, 3.05) is 6.61 Å². The van der Waals surface area contributed by atoms with E-state index in [0.717, 1.165) is 10.9 Å². The number of fused-ring (bicyclic) bond motifs is 2. The molecule has 2 fully saturated rings. The van der Waals surface area contributed by atoms with Crippen LogP contribution >= 0.6 is 7.82 Å². The van der Waals surface area contributed by atoms with Crippen molar-refractivity contribution >= 4 is 19.0 Å². The van der Waals surface area contributed by atoms with Gasteiger partial charge in [-0.25, -0.2) is 18.9 Å². The van der Waals surface area contributed by atoms with E-state index in [-0.39, 0.29) is 17.8 Å². The van der Waals surface area contributed by atoms with E-state index in [4.69, 9.17) is 9.26 Å². The maximum absolute atomic E-state index is 12.1. The predicted molar refractivity (Wildman–Crippen MR) is 71.5 cm³/mol. The number of aromatic nitrogens is 4. The lowest BCUT2D eigenvalue weighted by atomic mass is 10.1. The Hall–Kier alpha value is -1.82. The molecule has 124 valence electrons. The van der Waals surface area contributed by atoms with E-state index >= 15 is 0 Å². The fourth-order valence-electron chi connectivity index (χ4n) is 2.73. The summed E-state index contributed by atoms with van der Waals surface area (Å²) in [6.07, 6.45) is -3.57. The molecule has 0 aromatic carbocycles. The molecule has 0 amide bonds. The molecule has 23 heavy (non-hydrogen) atoms. The van der Waals surface area contributed by atoms with E-state index in [1.165, 1.54) is 0 Å². The number of aromatic amines is 2. The second-order valence-electron chi connectivity index (χ2n) is 5.12. The number of hydrogen-bond donors (Lipinski definition) is 4. The van der Waals surface area contributed by atoms with Crippen LogP contribution in [0.1, 0.15) is 6.23 Å². The molecule has 2 aromatic rings. The quantitative estimate of drug-likeness (QED) is 0.435. The minimum absolute atomic E-state index is 0.0189. The van der Waals surface area contributed by atoms with Gasteiger partial charge in [-0.15, -0.1) is 0 Å². The molecule has 2 saturated heterocycles. The standard InChI is InChI=1S/C10H11N4O8P/c15-5-6-3(1-20-23(18,19)22-6)21-9(5)14-7-4(13-10(14)17)8(16)12-2-11-7/h2-3,5-6,9,15H,1H2,(H,13,17)(H,18,19)(H,11,12,16). The maximum atomic E-state index is 12.1. The number of ether oxygens (including phenoxy) is 1. The number of rotatable bonds is 1. The largest absolute Gasteiger partial charge is 0.472 e. The van der Waals surface area contributed by atoms with Gasteiger partial charge in [0.15, 0.2) is 17.4 Å². The lowest BCUT2D eigenvalue weighted by Crippen LogP contribution is -2.39. The predicted octanol–water partition coefficient (Wildman–Crippen LogP) is -1.81. The first-order chi connectivity index (χ1) is 10.9. The van der Waals surface area contributed by atoms with Crippen molar-refractivity contribution in [2.24, 2.45) is 0 Å². The number of nitrogens with zero attached hydrogens (tertiary/aromatic N) is 2. The van der Waals surface area contributed by atoms with E-state index in [1.54, 1.807) is 0 Å². The van der Waals surface area contributed by atoms with E-state index < -0.39 is 43.6 Å². The second kappa shape index (κ2) is 4.84. The van der Waals surface area contributed by atoms with Crippen LogP contribution in [0, 0.1) is 0 Å². The van der Waals surface area contributed by atoms with Crippen molar-refractivity contribution in [1.82, 2.24) is 19.5 Å². The van der Waals surface area contributed by atoms with E-state index in [0.29, 0.717) is 0 Å². The SMILES string of the molecule is O=c1[nH]cnc2c1[nH]c(=O)n2C1OC2COP(=O)(O)OC2C1O. The minimum Gasteiger partial charge on any atom is -0.386 e. The van der Waals surface area contributed by atoms with Gasteiger partial charge in [-0.1, -0.05) is 0 Å². The highest BCUT2D eigenvalue weighted by Gasteiger charge is 2.53. The molecule has 4 heterocycles. The normalized spacial score (nSPS) is 37.1. The van der Waals surface area contributed by atoms with Crippen LogP contribution in [0.4, 0.5) is 0 Å². The van der Waals surface area contributed by atoms with Crippen LogP contribution in [0.15, 0.2) is 15.9 Å². The average molecular weight is 346 g/mol. The first-order valence-corrected chi connectivity index (χ1v) is 8.04. The van der Waals surface area contributed by atoms with Crippen molar-refractivity contribution in [3.8, 4) is 0 Å². The summed E-state index contributed by atoms with van der Waals surface area (Å²) in [5.74, 6) is 0. The second-order valence-corrected chi connectivity index (χ2v) is 6.53. The summed E-state index contributed by atoms with van der Waals surface area (Å²) in [5.41, 5.74) is -1.38. The van der Waals surface area contributed by atoms with Crippen molar-refractivity contribution in [1.29, 1.82) is 0 Å². The zero-order valence-electron chi connectivity index (χ0n) is 11.3. The summed E-state index contributed by atoms with van der Waals surface area (Å²) in [6.45, 7) is -0.281. The fourth-order valence-corrected chi connectivity index (χ4v) is 3.70. The first kappa shape index (κ1) is 14.8. The van der Waals surface area contributed by atoms with Crippen molar-refractivity contribution in [2.45, 2.75) is 24.5 Å². The molecule has 2 aromatic heterocycles. The van der Waals surface area contributed by atoms with Gasteiger partial charge in [0, 0.05) is 0 Å². The summed E-state index contributed by atoms with van der Waals surface area (Å²) in [4.78, 5) is 41.6. The Bertz CT molecular complexity index is 933. The number of hydrogen-bond acceptors (Lipinski definition) is 8. The van der Waals surface area contributed by atoms with Gasteiger partial charge in [-0.2, -0.15) is 0 Å². The Kier molecular flexibility index (Phi) is 3.10. The van der Waals surface area contributed by atoms with Gasteiger partial charge < -0.3 is 19.7 Å². The van der Waals surface area contributed by atoms with Crippen LogP contribution in [0.5, 0.6) is 0 Å². The lowest BCUT2D eigenvalue weighted by Gasteiger charge is -2.27. The Morgan fingerprint density at radius 3 is 3.00 bits per heavy atom. The third-order valence-corrected chi connectivity index (χ3v) is 4.72. The highest BCUT2D eigenvalue weighted by Crippen LogP contribution is 2.52. The Morgan fingerprint density at radius 1 is 1.43 bits per heavy atom. The molecule has 13 heteroatoms. The third kappa shape index (κ3) is 2.19. The highest BCUT2D eigenvalue weighted by molar-refractivity contribution is 7.47. The van der Waals surface area contributed by atoms with E-state index in [1.807, 2.05) is 0 Å². The molecule has 0 radical (unpaired) electrons. The Balaban J connectivity index is 1.79. The molecule has 0 spiro atoms. The van der Waals surface area contributed by atoms with Gasteiger partial charge in [0.1, 0.15) is 18.3 Å². The number of H-pyrrole nitrogens is 2. The smallest absolute Gasteiger partial charge is 0.386 e. The zero-order chi connectivity index (χ0) is 16.4. The number of phosphoric ester groups is 1. The van der Waals surface area contributed by atoms with Gasteiger partial charge in [0.05, 0.1) is 12.9 Å². The van der Waals surface area contributed by atoms with Gasteiger partial charge in [0.25, 0.3) is 5.56 Å². The van der Waals surface area contributed by atoms with Crippen LogP contribution in [0.2, 0.25) is 0 Å². The van der Waals surface area contributed by atoms with Crippen molar-refractivity contribution < 1.29 is 28.3 Å². The molecule has 12 nitrogen and oxygen atoms in total. The Morgan fingerprint density at radius 2 is 2.22 bits per heavy atom. The summed E-state index contributed by atoms with van der Waals surface area (Å²) < 4.78 is 27.3. The lowest BCUT2D eigenvalue weighted by molar-refractivity contribution is -0.0671. The molecule has 4 N–H and O–H groups in total. The van der Waals surface area contributed by atoms with Gasteiger partial charge in [0.2, 0.25) is 0 Å². The summed E-state index contributed by atoms with van der Waals surface area (Å²) in [5, 5.41) is 10.3. The monoisotopic (exact) mass is 346 g/mol. The molecular weight excluding hydrogens is 335 g/mol. The van der Waals surface area contributed by atoms with Gasteiger partial charge in [-0.3, -0.25) is 18.8 Å². The van der Waals surface area contributed by atoms with E-state index in [9.17, 15) is 24.2 Å². The molecule has 0 aliphatic carbocycles. The van der Waals surface area contributed by atoms with Crippen molar-refractivity contribution in [3.05, 3.63) is 27.2 Å². The zero-order valence-corrected chi connectivity index (χ0v) is 12.2. The molecule has 0 bridgehead atoms. The molecule has 0 saturated carbocycles. The van der Waals surface area contributed by atoms with Crippen LogP contribution in [0.25, 0.3) is 11.2 Å². The molecule has 2 aliphatic rings. The number of phosphoric acid groups is 1. The first-order valence-electron chi connectivity index (χ1n) is 6.54. The number of aliphatic hydroxyl groups excluding tert-OH is 1. The van der Waals surface area contributed by atoms with Crippen LogP contribution < -0.4 is 11.2 Å². The average Bonchev–Trinajstić information content (AvgIpc) is 2.97. The minimum atomic E-state index is -4.27. The topological polar surface area (TPSA) is 169 Å². The number of aliphatic hydroxyl groups is 1. The fraction of sp³-hybridized carbons (Fsp3) is 0.500. The number of imidazole rings is 1. The molecule has 5 unspecified atom stereocenters. The Labute approximate surface area is 126 Å². The maximum Gasteiger partial charge on any atom is 0.472 e. The summed E-state index contributed by atoms with van der Waals surface area (Å²) in [6, 6.07) is 0. The molecular formula is C10H11N4O8P.